The van der Waals surface area contributed by atoms with Crippen molar-refractivity contribution in [1.82, 2.24) is 14.6 Å². The largest absolute Gasteiger partial charge is 0.290 e. The average molecular weight is 366 g/mol. The molecule has 3 rings (SSSR count). The molecule has 26 heavy (non-hydrogen) atoms. The molecule has 0 fully saturated rings. The van der Waals surface area contributed by atoms with Crippen LogP contribution >= 0.6 is 11.8 Å². The number of thioether (sulfide) groups is 1. The minimum absolute atomic E-state index is 0.0777. The van der Waals surface area contributed by atoms with Crippen LogP contribution < -0.4 is 5.56 Å². The van der Waals surface area contributed by atoms with Gasteiger partial charge in [-0.3, -0.25) is 20.0 Å². The number of rotatable bonds is 4. The molecule has 9 nitrogen and oxygen atoms in total. The molecule has 0 aliphatic rings. The van der Waals surface area contributed by atoms with Crippen molar-refractivity contribution < 1.29 is 4.92 Å². The number of non-ortho nitro benzene ring substituents is 1. The predicted octanol–water partition coefficient (Wildman–Crippen LogP) is 2.45. The van der Waals surface area contributed by atoms with E-state index in [4.69, 9.17) is 0 Å². The first-order valence-corrected chi connectivity index (χ1v) is 8.36. The highest BCUT2D eigenvalue weighted by Gasteiger charge is 2.21. The van der Waals surface area contributed by atoms with Crippen molar-refractivity contribution in [3.63, 3.8) is 0 Å². The highest BCUT2D eigenvalue weighted by Crippen LogP contribution is 2.28. The fraction of sp³-hybridized carbons (Fsp3) is 0.125. The number of aromatic amines is 1. The Bertz CT molecular complexity index is 1180. The molecule has 128 valence electrons. The molecule has 1 aromatic carbocycles. The third-order valence-electron chi connectivity index (χ3n) is 3.58. The number of hydrogen-bond acceptors (Lipinski definition) is 7. The van der Waals surface area contributed by atoms with Gasteiger partial charge in [0.15, 0.2) is 11.5 Å². The molecule has 0 spiro atoms. The number of aromatic nitrogens is 3. The van der Waals surface area contributed by atoms with Gasteiger partial charge in [-0.15, -0.1) is 11.8 Å². The zero-order valence-corrected chi connectivity index (χ0v) is 14.2. The lowest BCUT2D eigenvalue weighted by Gasteiger charge is -2.04. The Labute approximate surface area is 150 Å². The van der Waals surface area contributed by atoms with Crippen LogP contribution in [0.25, 0.3) is 17.0 Å². The molecule has 0 saturated carbocycles. The molecule has 10 heteroatoms. The normalized spacial score (nSPS) is 10.4. The zero-order chi connectivity index (χ0) is 18.8. The molecule has 3 aromatic rings. The van der Waals surface area contributed by atoms with Crippen molar-refractivity contribution in [3.05, 3.63) is 55.9 Å². The first-order valence-electron chi connectivity index (χ1n) is 7.38. The third kappa shape index (κ3) is 2.68. The van der Waals surface area contributed by atoms with E-state index in [1.807, 2.05) is 19.1 Å². The van der Waals surface area contributed by atoms with E-state index in [0.717, 1.165) is 4.52 Å². The number of nitro groups is 1. The van der Waals surface area contributed by atoms with Gasteiger partial charge >= 0.3 is 0 Å². The van der Waals surface area contributed by atoms with Gasteiger partial charge in [-0.25, -0.2) is 4.98 Å². The number of nitrogens with one attached hydrogen (secondary N) is 1. The van der Waals surface area contributed by atoms with Gasteiger partial charge in [0.05, 0.1) is 9.82 Å². The van der Waals surface area contributed by atoms with E-state index in [9.17, 15) is 25.4 Å². The number of nitro benzene ring substituents is 1. The molecule has 0 bridgehead atoms. The van der Waals surface area contributed by atoms with Crippen LogP contribution in [0.15, 0.2) is 34.0 Å². The van der Waals surface area contributed by atoms with Gasteiger partial charge in [-0.2, -0.15) is 15.0 Å². The van der Waals surface area contributed by atoms with E-state index in [0.29, 0.717) is 16.2 Å². The molecule has 0 unspecified atom stereocenters. The van der Waals surface area contributed by atoms with Crippen LogP contribution in [-0.2, 0) is 0 Å². The van der Waals surface area contributed by atoms with Crippen molar-refractivity contribution in [2.75, 3.05) is 5.75 Å². The Balaban J connectivity index is 2.34. The van der Waals surface area contributed by atoms with Crippen LogP contribution in [-0.4, -0.2) is 25.3 Å². The number of nitriles is 2. The van der Waals surface area contributed by atoms with Crippen molar-refractivity contribution in [2.45, 2.75) is 11.8 Å². The van der Waals surface area contributed by atoms with Crippen LogP contribution in [0.3, 0.4) is 0 Å². The maximum Gasteiger partial charge on any atom is 0.290 e. The van der Waals surface area contributed by atoms with Crippen LogP contribution in [0, 0.1) is 32.8 Å². The molecule has 0 aliphatic heterocycles. The lowest BCUT2D eigenvalue weighted by atomic mass is 10.2. The van der Waals surface area contributed by atoms with Gasteiger partial charge in [-0.1, -0.05) is 19.1 Å². The molecule has 0 aliphatic carbocycles. The zero-order valence-electron chi connectivity index (χ0n) is 13.4. The molecule has 0 amide bonds. The van der Waals surface area contributed by atoms with Gasteiger partial charge in [0.25, 0.3) is 11.2 Å². The van der Waals surface area contributed by atoms with Gasteiger partial charge in [0, 0.05) is 17.7 Å². The Morgan fingerprint density at radius 1 is 1.35 bits per heavy atom. The number of pyridine rings is 1. The fourth-order valence-corrected chi connectivity index (χ4v) is 3.32. The molecule has 0 radical (unpaired) electrons. The Hall–Kier alpha value is -3.63. The van der Waals surface area contributed by atoms with Gasteiger partial charge in [-0.05, 0) is 5.75 Å². The maximum absolute atomic E-state index is 12.6. The second kappa shape index (κ2) is 6.70. The quantitative estimate of drug-likeness (QED) is 0.424. The smallest absolute Gasteiger partial charge is 0.272 e. The summed E-state index contributed by atoms with van der Waals surface area (Å²) in [5, 5.41) is 32.5. The molecule has 0 atom stereocenters. The minimum atomic E-state index is -0.623. The highest BCUT2D eigenvalue weighted by atomic mass is 32.2. The molecular formula is C16H10N6O3S. The number of fused-ring (bicyclic) bond motifs is 1. The third-order valence-corrected chi connectivity index (χ3v) is 4.57. The number of benzene rings is 1. The van der Waals surface area contributed by atoms with Gasteiger partial charge in [0.2, 0.25) is 0 Å². The molecule has 2 heterocycles. The van der Waals surface area contributed by atoms with Crippen molar-refractivity contribution in [1.29, 1.82) is 10.5 Å². The van der Waals surface area contributed by atoms with Gasteiger partial charge in [0.1, 0.15) is 23.3 Å². The van der Waals surface area contributed by atoms with Crippen molar-refractivity contribution in [2.24, 2.45) is 0 Å². The summed E-state index contributed by atoms with van der Waals surface area (Å²) in [6.07, 6.45) is 0. The van der Waals surface area contributed by atoms with E-state index in [-0.39, 0.29) is 28.3 Å². The standard InChI is InChI=1S/C16H10N6O3S/c1-2-26-13-11(7-17)15-19-14(20-21(15)16(23)12(13)8-18)9-4-3-5-10(6-9)22(24)25/h3-6H,2H2,1H3,(H,19,20). The number of nitrogens with zero attached hydrogens (tertiary/aromatic N) is 5. The highest BCUT2D eigenvalue weighted by molar-refractivity contribution is 7.99. The van der Waals surface area contributed by atoms with Crippen LogP contribution in [0.2, 0.25) is 0 Å². The first-order chi connectivity index (χ1) is 12.5. The summed E-state index contributed by atoms with van der Waals surface area (Å²) in [6, 6.07) is 9.57. The molecule has 2 aromatic heterocycles. The summed E-state index contributed by atoms with van der Waals surface area (Å²) in [6.45, 7) is 1.84. The minimum Gasteiger partial charge on any atom is -0.272 e. The van der Waals surface area contributed by atoms with Crippen molar-refractivity contribution in [3.8, 4) is 23.5 Å². The lowest BCUT2D eigenvalue weighted by molar-refractivity contribution is -0.384. The molecule has 1 N–H and O–H groups in total. The van der Waals surface area contributed by atoms with Crippen LogP contribution in [0.1, 0.15) is 18.1 Å². The van der Waals surface area contributed by atoms with Crippen LogP contribution in [0.5, 0.6) is 0 Å². The Morgan fingerprint density at radius 3 is 2.69 bits per heavy atom. The summed E-state index contributed by atoms with van der Waals surface area (Å²) in [4.78, 5) is 27.6. The Morgan fingerprint density at radius 2 is 2.08 bits per heavy atom. The summed E-state index contributed by atoms with van der Waals surface area (Å²) in [5.41, 5.74) is -0.318. The van der Waals surface area contributed by atoms with Crippen molar-refractivity contribution >= 4 is 23.1 Å². The summed E-state index contributed by atoms with van der Waals surface area (Å²) >= 11 is 1.22. The van der Waals surface area contributed by atoms with E-state index in [1.54, 1.807) is 6.07 Å². The molecular weight excluding hydrogens is 356 g/mol. The summed E-state index contributed by atoms with van der Waals surface area (Å²) in [7, 11) is 0. The van der Waals surface area contributed by atoms with E-state index < -0.39 is 10.5 Å². The maximum atomic E-state index is 12.6. The lowest BCUT2D eigenvalue weighted by Crippen LogP contribution is -2.19. The summed E-state index contributed by atoms with van der Waals surface area (Å²) in [5.74, 6) is 0.756. The van der Waals surface area contributed by atoms with Gasteiger partial charge < -0.3 is 0 Å². The first kappa shape index (κ1) is 17.2. The number of hydrogen-bond donors (Lipinski definition) is 1. The monoisotopic (exact) mass is 366 g/mol. The van der Waals surface area contributed by atoms with E-state index >= 15 is 0 Å². The summed E-state index contributed by atoms with van der Waals surface area (Å²) < 4.78 is 1.02. The molecule has 0 saturated heterocycles. The van der Waals surface area contributed by atoms with Crippen LogP contribution in [0.4, 0.5) is 5.69 Å². The Kier molecular flexibility index (Phi) is 4.43. The second-order valence-electron chi connectivity index (χ2n) is 5.08. The predicted molar refractivity (Wildman–Crippen MR) is 93.7 cm³/mol. The topological polar surface area (TPSA) is 141 Å². The SMILES string of the molecule is CCSc1c(C#N)c(=O)n2[nH]c(-c3cccc([N+](=O)[O-])c3)nc2c1C#N. The average Bonchev–Trinajstić information content (AvgIpc) is 3.08. The fourth-order valence-electron chi connectivity index (χ4n) is 2.47. The van der Waals surface area contributed by atoms with E-state index in [2.05, 4.69) is 10.1 Å². The number of H-pyrrole nitrogens is 1. The van der Waals surface area contributed by atoms with E-state index in [1.165, 1.54) is 30.0 Å². The second-order valence-corrected chi connectivity index (χ2v) is 6.35.